The standard InChI is InChI=1S/C21H25F2N3O4S/c1-14-5-7-16(8-6-14)12-25(15(2)21(28)24-3)20(27)13-26(31(4,29)30)17-9-10-18(22)19(23)11-17/h5-11,15H,12-13H2,1-4H3,(H,24,28)/t15-/m1/s1. The van der Waals surface area contributed by atoms with Crippen LogP contribution in [-0.2, 0) is 26.2 Å². The topological polar surface area (TPSA) is 86.8 Å². The third-order valence-electron chi connectivity index (χ3n) is 4.76. The molecule has 0 fully saturated rings. The zero-order chi connectivity index (χ0) is 23.3. The first-order valence-corrected chi connectivity index (χ1v) is 11.3. The fourth-order valence-corrected chi connectivity index (χ4v) is 3.78. The maximum Gasteiger partial charge on any atom is 0.244 e. The average molecular weight is 454 g/mol. The van der Waals surface area contributed by atoms with Gasteiger partial charge in [0.25, 0.3) is 0 Å². The van der Waals surface area contributed by atoms with Crippen molar-refractivity contribution >= 4 is 27.5 Å². The first-order valence-electron chi connectivity index (χ1n) is 9.43. The molecule has 2 amide bonds. The lowest BCUT2D eigenvalue weighted by atomic mass is 10.1. The van der Waals surface area contributed by atoms with E-state index in [4.69, 9.17) is 0 Å². The molecule has 168 valence electrons. The molecule has 2 aromatic carbocycles. The Balaban J connectivity index is 2.39. The molecule has 0 radical (unpaired) electrons. The van der Waals surface area contributed by atoms with Gasteiger partial charge in [-0.15, -0.1) is 0 Å². The molecule has 1 N–H and O–H groups in total. The van der Waals surface area contributed by atoms with Crippen LogP contribution in [-0.4, -0.2) is 51.0 Å². The van der Waals surface area contributed by atoms with Crippen LogP contribution in [0.2, 0.25) is 0 Å². The van der Waals surface area contributed by atoms with E-state index in [1.807, 2.05) is 19.1 Å². The number of sulfonamides is 1. The number of benzene rings is 2. The van der Waals surface area contributed by atoms with Gasteiger partial charge in [-0.25, -0.2) is 17.2 Å². The summed E-state index contributed by atoms with van der Waals surface area (Å²) in [5, 5.41) is 2.47. The molecular weight excluding hydrogens is 428 g/mol. The van der Waals surface area contributed by atoms with E-state index in [2.05, 4.69) is 5.32 Å². The predicted octanol–water partition coefficient (Wildman–Crippen LogP) is 2.20. The van der Waals surface area contributed by atoms with Gasteiger partial charge in [0.15, 0.2) is 11.6 Å². The number of anilines is 1. The Kier molecular flexibility index (Phi) is 7.72. The molecule has 0 aliphatic rings. The monoisotopic (exact) mass is 453 g/mol. The second-order valence-corrected chi connectivity index (χ2v) is 9.07. The van der Waals surface area contributed by atoms with Gasteiger partial charge in [0.05, 0.1) is 11.9 Å². The Morgan fingerprint density at radius 3 is 2.19 bits per heavy atom. The van der Waals surface area contributed by atoms with E-state index in [9.17, 15) is 26.8 Å². The van der Waals surface area contributed by atoms with Crippen LogP contribution in [0.3, 0.4) is 0 Å². The summed E-state index contributed by atoms with van der Waals surface area (Å²) in [6.45, 7) is 2.80. The summed E-state index contributed by atoms with van der Waals surface area (Å²) >= 11 is 0. The molecule has 31 heavy (non-hydrogen) atoms. The van der Waals surface area contributed by atoms with Gasteiger partial charge in [0, 0.05) is 19.7 Å². The SMILES string of the molecule is CNC(=O)[C@@H](C)N(Cc1ccc(C)cc1)C(=O)CN(c1ccc(F)c(F)c1)S(C)(=O)=O. The highest BCUT2D eigenvalue weighted by molar-refractivity contribution is 7.92. The number of amides is 2. The van der Waals surface area contributed by atoms with Crippen molar-refractivity contribution in [2.75, 3.05) is 24.2 Å². The smallest absolute Gasteiger partial charge is 0.244 e. The van der Waals surface area contributed by atoms with Crippen LogP contribution < -0.4 is 9.62 Å². The number of hydrogen-bond donors (Lipinski definition) is 1. The lowest BCUT2D eigenvalue weighted by Crippen LogP contribution is -2.50. The van der Waals surface area contributed by atoms with Crippen molar-refractivity contribution in [3.05, 3.63) is 65.2 Å². The van der Waals surface area contributed by atoms with Crippen LogP contribution in [0, 0.1) is 18.6 Å². The number of halogens is 2. The molecule has 0 aromatic heterocycles. The summed E-state index contributed by atoms with van der Waals surface area (Å²) in [6, 6.07) is 8.97. The Bertz CT molecular complexity index is 1060. The number of carbonyl (C=O) groups is 2. The van der Waals surface area contributed by atoms with Crippen molar-refractivity contribution in [2.45, 2.75) is 26.4 Å². The molecule has 7 nitrogen and oxygen atoms in total. The first-order chi connectivity index (χ1) is 14.4. The van der Waals surface area contributed by atoms with E-state index in [0.29, 0.717) is 10.4 Å². The van der Waals surface area contributed by atoms with E-state index in [0.717, 1.165) is 29.5 Å². The molecule has 0 saturated heterocycles. The largest absolute Gasteiger partial charge is 0.357 e. The van der Waals surface area contributed by atoms with E-state index < -0.39 is 46.1 Å². The van der Waals surface area contributed by atoms with Gasteiger partial charge >= 0.3 is 0 Å². The fourth-order valence-electron chi connectivity index (χ4n) is 2.94. The molecular formula is C21H25F2N3O4S. The van der Waals surface area contributed by atoms with Crippen LogP contribution in [0.1, 0.15) is 18.1 Å². The molecule has 0 unspecified atom stereocenters. The summed E-state index contributed by atoms with van der Waals surface area (Å²) in [4.78, 5) is 26.6. The normalized spacial score (nSPS) is 12.2. The zero-order valence-electron chi connectivity index (χ0n) is 17.7. The van der Waals surface area contributed by atoms with Crippen LogP contribution in [0.15, 0.2) is 42.5 Å². The minimum Gasteiger partial charge on any atom is -0.357 e. The molecule has 0 spiro atoms. The minimum atomic E-state index is -4.01. The van der Waals surface area contributed by atoms with E-state index >= 15 is 0 Å². The molecule has 2 aromatic rings. The Morgan fingerprint density at radius 2 is 1.68 bits per heavy atom. The van der Waals surface area contributed by atoms with Crippen molar-refractivity contribution < 1.29 is 26.8 Å². The number of hydrogen-bond acceptors (Lipinski definition) is 4. The second-order valence-electron chi connectivity index (χ2n) is 7.17. The van der Waals surface area contributed by atoms with Gasteiger partial charge in [-0.1, -0.05) is 29.8 Å². The van der Waals surface area contributed by atoms with Gasteiger partial charge in [-0.2, -0.15) is 0 Å². The van der Waals surface area contributed by atoms with Crippen molar-refractivity contribution in [2.24, 2.45) is 0 Å². The third kappa shape index (κ3) is 6.24. The summed E-state index contributed by atoms with van der Waals surface area (Å²) in [5.74, 6) is -3.49. The summed E-state index contributed by atoms with van der Waals surface area (Å²) in [7, 11) is -2.58. The molecule has 2 rings (SSSR count). The number of nitrogens with zero attached hydrogens (tertiary/aromatic N) is 2. The number of likely N-dealkylation sites (N-methyl/N-ethyl adjacent to an activating group) is 1. The summed E-state index contributed by atoms with van der Waals surface area (Å²) in [6.07, 6.45) is 0.855. The lowest BCUT2D eigenvalue weighted by molar-refractivity contribution is -0.139. The molecule has 0 heterocycles. The van der Waals surface area contributed by atoms with Crippen molar-refractivity contribution in [1.29, 1.82) is 0 Å². The average Bonchev–Trinajstić information content (AvgIpc) is 2.71. The van der Waals surface area contributed by atoms with Crippen molar-refractivity contribution in [1.82, 2.24) is 10.2 Å². The maximum absolute atomic E-state index is 13.7. The van der Waals surface area contributed by atoms with Crippen LogP contribution in [0.4, 0.5) is 14.5 Å². The highest BCUT2D eigenvalue weighted by atomic mass is 32.2. The molecule has 0 saturated carbocycles. The van der Waals surface area contributed by atoms with Gasteiger partial charge in [0.1, 0.15) is 12.6 Å². The van der Waals surface area contributed by atoms with Crippen LogP contribution >= 0.6 is 0 Å². The zero-order valence-corrected chi connectivity index (χ0v) is 18.5. The molecule has 10 heteroatoms. The van der Waals surface area contributed by atoms with Crippen LogP contribution in [0.5, 0.6) is 0 Å². The molecule has 0 bridgehead atoms. The quantitative estimate of drug-likeness (QED) is 0.664. The molecule has 0 aliphatic heterocycles. The Morgan fingerprint density at radius 1 is 1.06 bits per heavy atom. The highest BCUT2D eigenvalue weighted by Gasteiger charge is 2.30. The minimum absolute atomic E-state index is 0.0586. The summed E-state index contributed by atoms with van der Waals surface area (Å²) in [5.41, 5.74) is 1.56. The summed E-state index contributed by atoms with van der Waals surface area (Å²) < 4.78 is 52.3. The first kappa shape index (κ1) is 24.3. The number of nitrogens with one attached hydrogen (secondary N) is 1. The number of aryl methyl sites for hydroxylation is 1. The van der Waals surface area contributed by atoms with E-state index in [1.165, 1.54) is 18.9 Å². The second kappa shape index (κ2) is 9.86. The van der Waals surface area contributed by atoms with Gasteiger partial charge in [-0.3, -0.25) is 13.9 Å². The lowest BCUT2D eigenvalue weighted by Gasteiger charge is -2.31. The van der Waals surface area contributed by atoms with Gasteiger partial charge in [-0.05, 0) is 31.5 Å². The number of rotatable bonds is 8. The van der Waals surface area contributed by atoms with Gasteiger partial charge in [0.2, 0.25) is 21.8 Å². The Labute approximate surface area is 180 Å². The Hall–Kier alpha value is -3.01. The predicted molar refractivity (Wildman–Crippen MR) is 114 cm³/mol. The van der Waals surface area contributed by atoms with Gasteiger partial charge < -0.3 is 10.2 Å². The fraction of sp³-hybridized carbons (Fsp3) is 0.333. The third-order valence-corrected chi connectivity index (χ3v) is 5.90. The highest BCUT2D eigenvalue weighted by Crippen LogP contribution is 2.21. The number of carbonyl (C=O) groups excluding carboxylic acids is 2. The van der Waals surface area contributed by atoms with E-state index in [1.54, 1.807) is 12.1 Å². The molecule has 1 atom stereocenters. The van der Waals surface area contributed by atoms with Crippen molar-refractivity contribution in [3.63, 3.8) is 0 Å². The van der Waals surface area contributed by atoms with Crippen molar-refractivity contribution in [3.8, 4) is 0 Å². The van der Waals surface area contributed by atoms with E-state index in [-0.39, 0.29) is 12.2 Å². The molecule has 0 aliphatic carbocycles. The van der Waals surface area contributed by atoms with Crippen LogP contribution in [0.25, 0.3) is 0 Å². The maximum atomic E-state index is 13.7.